The van der Waals surface area contributed by atoms with Crippen LogP contribution in [0.5, 0.6) is 11.6 Å². The minimum absolute atomic E-state index is 0.404. The lowest BCUT2D eigenvalue weighted by atomic mass is 9.95. The summed E-state index contributed by atoms with van der Waals surface area (Å²) in [6, 6.07) is 7.63. The zero-order chi connectivity index (χ0) is 14.8. The maximum Gasteiger partial charge on any atom is 0.224 e. The second-order valence-electron chi connectivity index (χ2n) is 5.15. The first kappa shape index (κ1) is 14.8. The summed E-state index contributed by atoms with van der Waals surface area (Å²) in [6.07, 6.45) is 4.48. The molecule has 0 aliphatic heterocycles. The minimum atomic E-state index is 0.404. The number of aromatic nitrogens is 1. The predicted octanol–water partition coefficient (Wildman–Crippen LogP) is 4.63. The van der Waals surface area contributed by atoms with Crippen molar-refractivity contribution in [3.63, 3.8) is 0 Å². The second-order valence-corrected chi connectivity index (χ2v) is 6.47. The molecule has 0 saturated heterocycles. The van der Waals surface area contributed by atoms with Gasteiger partial charge in [0, 0.05) is 22.3 Å². The molecular weight excluding hydrogens is 352 g/mol. The largest absolute Gasteiger partial charge is 0.437 e. The fourth-order valence-electron chi connectivity index (χ4n) is 2.56. The molecule has 2 N–H and O–H groups in total. The van der Waals surface area contributed by atoms with Crippen molar-refractivity contribution >= 4 is 27.5 Å². The summed E-state index contributed by atoms with van der Waals surface area (Å²) in [7, 11) is 0. The number of nitrogens with two attached hydrogens (primary N) is 1. The van der Waals surface area contributed by atoms with Crippen molar-refractivity contribution in [1.29, 1.82) is 0 Å². The first-order valence-electron chi connectivity index (χ1n) is 7.02. The lowest BCUT2D eigenvalue weighted by molar-refractivity contribution is 0.451. The summed E-state index contributed by atoms with van der Waals surface area (Å²) in [6.45, 7) is 0.404. The van der Waals surface area contributed by atoms with Gasteiger partial charge in [0.25, 0.3) is 0 Å². The molecule has 0 radical (unpaired) electrons. The lowest BCUT2D eigenvalue weighted by Crippen LogP contribution is -2.10. The van der Waals surface area contributed by atoms with E-state index in [0.717, 1.165) is 28.6 Å². The van der Waals surface area contributed by atoms with E-state index in [2.05, 4.69) is 27.0 Å². The maximum atomic E-state index is 6.18. The molecule has 1 aliphatic rings. The van der Waals surface area contributed by atoms with E-state index < -0.39 is 0 Å². The molecule has 0 atom stereocenters. The second kappa shape index (κ2) is 6.34. The average molecular weight is 368 g/mol. The fourth-order valence-corrected chi connectivity index (χ4v) is 3.05. The third kappa shape index (κ3) is 3.23. The number of ether oxygens (including phenoxy) is 1. The zero-order valence-corrected chi connectivity index (χ0v) is 13.9. The molecule has 21 heavy (non-hydrogen) atoms. The van der Waals surface area contributed by atoms with Gasteiger partial charge in [-0.2, -0.15) is 0 Å². The molecule has 5 heteroatoms. The molecule has 0 fully saturated rings. The van der Waals surface area contributed by atoms with Crippen LogP contribution in [-0.2, 0) is 19.4 Å². The highest BCUT2D eigenvalue weighted by molar-refractivity contribution is 9.10. The summed E-state index contributed by atoms with van der Waals surface area (Å²) < 4.78 is 6.84. The number of aryl methyl sites for hydroxylation is 2. The fraction of sp³-hybridized carbons (Fsp3) is 0.312. The summed E-state index contributed by atoms with van der Waals surface area (Å²) >= 11 is 9.60. The van der Waals surface area contributed by atoms with Gasteiger partial charge in [0.05, 0.1) is 5.02 Å². The van der Waals surface area contributed by atoms with Crippen molar-refractivity contribution in [2.45, 2.75) is 32.2 Å². The molecule has 1 aliphatic carbocycles. The topological polar surface area (TPSA) is 48.1 Å². The van der Waals surface area contributed by atoms with E-state index >= 15 is 0 Å². The third-order valence-corrected chi connectivity index (χ3v) is 4.47. The number of halogens is 2. The Labute approximate surface area is 137 Å². The van der Waals surface area contributed by atoms with Gasteiger partial charge in [-0.15, -0.1) is 0 Å². The summed E-state index contributed by atoms with van der Waals surface area (Å²) in [5.41, 5.74) is 9.19. The zero-order valence-electron chi connectivity index (χ0n) is 11.5. The molecule has 0 amide bonds. The Morgan fingerprint density at radius 1 is 1.24 bits per heavy atom. The third-order valence-electron chi connectivity index (χ3n) is 3.66. The van der Waals surface area contributed by atoms with E-state index in [1.165, 1.54) is 18.4 Å². The van der Waals surface area contributed by atoms with Gasteiger partial charge >= 0.3 is 0 Å². The van der Waals surface area contributed by atoms with E-state index in [-0.39, 0.29) is 0 Å². The quantitative estimate of drug-likeness (QED) is 0.860. The van der Waals surface area contributed by atoms with Crippen molar-refractivity contribution in [2.75, 3.05) is 0 Å². The SMILES string of the molecule is NCc1cc2c(nc1Oc1cc(Br)ccc1Cl)CCCC2. The smallest absolute Gasteiger partial charge is 0.224 e. The molecule has 2 aromatic rings. The summed E-state index contributed by atoms with van der Waals surface area (Å²) in [4.78, 5) is 4.67. The van der Waals surface area contributed by atoms with Crippen LogP contribution in [-0.4, -0.2) is 4.98 Å². The van der Waals surface area contributed by atoms with Gasteiger partial charge in [-0.1, -0.05) is 27.5 Å². The van der Waals surface area contributed by atoms with Gasteiger partial charge in [-0.05, 0) is 55.5 Å². The molecule has 1 heterocycles. The van der Waals surface area contributed by atoms with Crippen LogP contribution in [0, 0.1) is 0 Å². The number of hydrogen-bond donors (Lipinski definition) is 1. The van der Waals surface area contributed by atoms with Crippen LogP contribution in [0.25, 0.3) is 0 Å². The number of nitrogens with zero attached hydrogens (tertiary/aromatic N) is 1. The number of pyridine rings is 1. The van der Waals surface area contributed by atoms with Gasteiger partial charge in [0.2, 0.25) is 5.88 Å². The molecule has 3 nitrogen and oxygen atoms in total. The Bertz CT molecular complexity index is 676. The number of rotatable bonds is 3. The van der Waals surface area contributed by atoms with Gasteiger partial charge < -0.3 is 10.5 Å². The Morgan fingerprint density at radius 3 is 2.86 bits per heavy atom. The Kier molecular flexibility index (Phi) is 4.48. The van der Waals surface area contributed by atoms with E-state index in [4.69, 9.17) is 22.1 Å². The number of hydrogen-bond acceptors (Lipinski definition) is 3. The van der Waals surface area contributed by atoms with Crippen molar-refractivity contribution < 1.29 is 4.74 Å². The van der Waals surface area contributed by atoms with Crippen molar-refractivity contribution in [2.24, 2.45) is 5.73 Å². The number of fused-ring (bicyclic) bond motifs is 1. The molecule has 110 valence electrons. The van der Waals surface area contributed by atoms with Crippen LogP contribution < -0.4 is 10.5 Å². The van der Waals surface area contributed by atoms with E-state index in [0.29, 0.717) is 23.2 Å². The molecule has 0 unspecified atom stereocenters. The van der Waals surface area contributed by atoms with E-state index in [9.17, 15) is 0 Å². The molecule has 1 aromatic heterocycles. The van der Waals surface area contributed by atoms with Crippen molar-refractivity contribution in [3.05, 3.63) is 50.6 Å². The van der Waals surface area contributed by atoms with Crippen molar-refractivity contribution in [1.82, 2.24) is 4.98 Å². The predicted molar refractivity (Wildman–Crippen MR) is 88.0 cm³/mol. The van der Waals surface area contributed by atoms with Crippen LogP contribution in [0.15, 0.2) is 28.7 Å². The lowest BCUT2D eigenvalue weighted by Gasteiger charge is -2.18. The Balaban J connectivity index is 1.99. The van der Waals surface area contributed by atoms with Crippen LogP contribution in [0.2, 0.25) is 5.02 Å². The minimum Gasteiger partial charge on any atom is -0.437 e. The standard InChI is InChI=1S/C16H16BrClN2O/c17-12-5-6-13(18)15(8-12)21-16-11(9-19)7-10-3-1-2-4-14(10)20-16/h5-8H,1-4,9,19H2. The normalized spacial score (nSPS) is 13.9. The molecule has 0 spiro atoms. The highest BCUT2D eigenvalue weighted by Crippen LogP contribution is 2.34. The molecule has 0 bridgehead atoms. The van der Waals surface area contributed by atoms with Gasteiger partial charge in [-0.3, -0.25) is 0 Å². The highest BCUT2D eigenvalue weighted by atomic mass is 79.9. The average Bonchev–Trinajstić information content (AvgIpc) is 2.50. The van der Waals surface area contributed by atoms with Gasteiger partial charge in [-0.25, -0.2) is 4.98 Å². The van der Waals surface area contributed by atoms with Crippen LogP contribution in [0.1, 0.15) is 29.7 Å². The first-order chi connectivity index (χ1) is 10.2. The molecule has 3 rings (SSSR count). The highest BCUT2D eigenvalue weighted by Gasteiger charge is 2.16. The molecule has 0 saturated carbocycles. The maximum absolute atomic E-state index is 6.18. The molecule has 1 aromatic carbocycles. The monoisotopic (exact) mass is 366 g/mol. The summed E-state index contributed by atoms with van der Waals surface area (Å²) in [5, 5.41) is 0.556. The summed E-state index contributed by atoms with van der Waals surface area (Å²) in [5.74, 6) is 1.15. The van der Waals surface area contributed by atoms with Gasteiger partial charge in [0.15, 0.2) is 0 Å². The number of benzene rings is 1. The van der Waals surface area contributed by atoms with Gasteiger partial charge in [0.1, 0.15) is 5.75 Å². The van der Waals surface area contributed by atoms with Crippen LogP contribution in [0.3, 0.4) is 0 Å². The van der Waals surface area contributed by atoms with Crippen molar-refractivity contribution in [3.8, 4) is 11.6 Å². The Hall–Kier alpha value is -1.10. The Morgan fingerprint density at radius 2 is 2.05 bits per heavy atom. The van der Waals surface area contributed by atoms with E-state index in [1.807, 2.05) is 12.1 Å². The van der Waals surface area contributed by atoms with Crippen LogP contribution in [0.4, 0.5) is 0 Å². The van der Waals surface area contributed by atoms with Crippen LogP contribution >= 0.6 is 27.5 Å². The van der Waals surface area contributed by atoms with E-state index in [1.54, 1.807) is 6.07 Å². The first-order valence-corrected chi connectivity index (χ1v) is 8.19. The molecular formula is C16H16BrClN2O.